The van der Waals surface area contributed by atoms with Gasteiger partial charge in [-0.15, -0.1) is 0 Å². The Morgan fingerprint density at radius 2 is 2.04 bits per heavy atom. The van der Waals surface area contributed by atoms with E-state index in [2.05, 4.69) is 25.3 Å². The van der Waals surface area contributed by atoms with Crippen molar-refractivity contribution >= 4 is 5.96 Å². The van der Waals surface area contributed by atoms with Gasteiger partial charge >= 0.3 is 6.61 Å². The number of rotatable bonds is 10. The fraction of sp³-hybridized carbons (Fsp3) is 0.588. The van der Waals surface area contributed by atoms with E-state index in [0.29, 0.717) is 31.2 Å². The van der Waals surface area contributed by atoms with Crippen LogP contribution in [-0.2, 0) is 11.3 Å². The van der Waals surface area contributed by atoms with Crippen molar-refractivity contribution < 1.29 is 18.3 Å². The number of aryl methyl sites for hydroxylation is 1. The number of nitrogens with one attached hydrogen (secondary N) is 2. The van der Waals surface area contributed by atoms with E-state index in [1.165, 1.54) is 0 Å². The second-order valence-corrected chi connectivity index (χ2v) is 5.64. The molecule has 0 fully saturated rings. The summed E-state index contributed by atoms with van der Waals surface area (Å²) in [4.78, 5) is 6.28. The first-order chi connectivity index (χ1) is 12.0. The molecular weight excluding hydrogens is 330 g/mol. The molecule has 0 radical (unpaired) electrons. The Labute approximate surface area is 148 Å². The summed E-state index contributed by atoms with van der Waals surface area (Å²) in [7, 11) is 5.35. The molecule has 0 heterocycles. The van der Waals surface area contributed by atoms with Crippen LogP contribution in [0.5, 0.6) is 5.75 Å². The van der Waals surface area contributed by atoms with Crippen LogP contribution in [0.2, 0.25) is 0 Å². The molecule has 0 unspecified atom stereocenters. The molecule has 0 spiro atoms. The zero-order valence-corrected chi connectivity index (χ0v) is 15.3. The maximum atomic E-state index is 12.5. The van der Waals surface area contributed by atoms with Crippen LogP contribution in [0.4, 0.5) is 8.78 Å². The van der Waals surface area contributed by atoms with Gasteiger partial charge in [-0.2, -0.15) is 8.78 Å². The second-order valence-electron chi connectivity index (χ2n) is 5.64. The van der Waals surface area contributed by atoms with E-state index in [1.807, 2.05) is 20.0 Å². The number of ether oxygens (including phenoxy) is 2. The van der Waals surface area contributed by atoms with Crippen LogP contribution < -0.4 is 15.4 Å². The second kappa shape index (κ2) is 11.6. The normalized spacial score (nSPS) is 11.9. The van der Waals surface area contributed by atoms with Gasteiger partial charge in [0.2, 0.25) is 0 Å². The van der Waals surface area contributed by atoms with E-state index < -0.39 is 6.61 Å². The van der Waals surface area contributed by atoms with Gasteiger partial charge in [-0.3, -0.25) is 4.99 Å². The SMILES string of the molecule is CN=C(NCCN(C)CCOC)NCc1cc(C)ccc1OC(F)F. The lowest BCUT2D eigenvalue weighted by Gasteiger charge is -2.18. The molecule has 0 amide bonds. The van der Waals surface area contributed by atoms with E-state index in [-0.39, 0.29) is 5.75 Å². The number of nitrogens with zero attached hydrogens (tertiary/aromatic N) is 2. The van der Waals surface area contributed by atoms with Crippen LogP contribution in [0.15, 0.2) is 23.2 Å². The summed E-state index contributed by atoms with van der Waals surface area (Å²) in [5, 5.41) is 6.30. The molecule has 0 saturated heterocycles. The van der Waals surface area contributed by atoms with Crippen LogP contribution in [0.25, 0.3) is 0 Å². The van der Waals surface area contributed by atoms with Gasteiger partial charge in [0.25, 0.3) is 0 Å². The summed E-state index contributed by atoms with van der Waals surface area (Å²) in [5.74, 6) is 0.771. The van der Waals surface area contributed by atoms with Gasteiger partial charge in [0.15, 0.2) is 5.96 Å². The minimum atomic E-state index is -2.85. The number of hydrogen-bond donors (Lipinski definition) is 2. The van der Waals surface area contributed by atoms with Crippen molar-refractivity contribution in [2.75, 3.05) is 47.4 Å². The first kappa shape index (κ1) is 21.1. The third-order valence-corrected chi connectivity index (χ3v) is 3.57. The third-order valence-electron chi connectivity index (χ3n) is 3.57. The average molecular weight is 358 g/mol. The summed E-state index contributed by atoms with van der Waals surface area (Å²) in [6.45, 7) is 2.46. The molecule has 1 aromatic carbocycles. The lowest BCUT2D eigenvalue weighted by molar-refractivity contribution is -0.0504. The van der Waals surface area contributed by atoms with Gasteiger partial charge in [-0.1, -0.05) is 17.7 Å². The van der Waals surface area contributed by atoms with Gasteiger partial charge in [0.05, 0.1) is 6.61 Å². The molecule has 1 aromatic rings. The number of benzene rings is 1. The summed E-state index contributed by atoms with van der Waals surface area (Å²) >= 11 is 0. The highest BCUT2D eigenvalue weighted by atomic mass is 19.3. The van der Waals surface area contributed by atoms with E-state index in [1.54, 1.807) is 26.3 Å². The van der Waals surface area contributed by atoms with E-state index in [4.69, 9.17) is 4.74 Å². The molecule has 0 atom stereocenters. The number of guanidine groups is 1. The Balaban J connectivity index is 2.50. The van der Waals surface area contributed by atoms with Gasteiger partial charge < -0.3 is 25.0 Å². The predicted octanol–water partition coefficient (Wildman–Crippen LogP) is 1.84. The van der Waals surface area contributed by atoms with Crippen molar-refractivity contribution in [1.82, 2.24) is 15.5 Å². The first-order valence-electron chi connectivity index (χ1n) is 8.12. The summed E-state index contributed by atoms with van der Waals surface area (Å²) in [6.07, 6.45) is 0. The zero-order chi connectivity index (χ0) is 18.7. The van der Waals surface area contributed by atoms with Gasteiger partial charge in [0.1, 0.15) is 5.75 Å². The lowest BCUT2D eigenvalue weighted by atomic mass is 10.1. The summed E-state index contributed by atoms with van der Waals surface area (Å²) in [5.41, 5.74) is 1.63. The quantitative estimate of drug-likeness (QED) is 0.494. The molecule has 142 valence electrons. The molecule has 2 N–H and O–H groups in total. The fourth-order valence-corrected chi connectivity index (χ4v) is 2.18. The van der Waals surface area contributed by atoms with Crippen molar-refractivity contribution in [1.29, 1.82) is 0 Å². The highest BCUT2D eigenvalue weighted by Crippen LogP contribution is 2.21. The fourth-order valence-electron chi connectivity index (χ4n) is 2.18. The van der Waals surface area contributed by atoms with Crippen molar-refractivity contribution in [2.45, 2.75) is 20.1 Å². The first-order valence-corrected chi connectivity index (χ1v) is 8.12. The third kappa shape index (κ3) is 8.64. The molecule has 0 saturated carbocycles. The van der Waals surface area contributed by atoms with Crippen molar-refractivity contribution in [3.05, 3.63) is 29.3 Å². The maximum Gasteiger partial charge on any atom is 0.387 e. The lowest BCUT2D eigenvalue weighted by Crippen LogP contribution is -2.41. The Hall–Kier alpha value is -1.93. The van der Waals surface area contributed by atoms with Crippen LogP contribution in [-0.4, -0.2) is 64.9 Å². The Kier molecular flexibility index (Phi) is 9.79. The Bertz CT molecular complexity index is 541. The number of halogens is 2. The molecule has 0 aliphatic heterocycles. The number of hydrogen-bond acceptors (Lipinski definition) is 4. The molecule has 0 aliphatic rings. The van der Waals surface area contributed by atoms with Gasteiger partial charge in [-0.25, -0.2) is 0 Å². The molecule has 0 bridgehead atoms. The summed E-state index contributed by atoms with van der Waals surface area (Å²) in [6, 6.07) is 5.11. The number of likely N-dealkylation sites (N-methyl/N-ethyl adjacent to an activating group) is 1. The summed E-state index contributed by atoms with van der Waals surface area (Å²) < 4.78 is 34.6. The minimum Gasteiger partial charge on any atom is -0.434 e. The van der Waals surface area contributed by atoms with Crippen LogP contribution >= 0.6 is 0 Å². The standard InChI is InChI=1S/C17H28F2N4O2/c1-13-5-6-15(25-16(18)19)14(11-13)12-22-17(20-2)21-7-8-23(3)9-10-24-4/h5-6,11,16H,7-10,12H2,1-4H3,(H2,20,21,22). The number of alkyl halides is 2. The maximum absolute atomic E-state index is 12.5. The zero-order valence-electron chi connectivity index (χ0n) is 15.3. The van der Waals surface area contributed by atoms with E-state index >= 15 is 0 Å². The van der Waals surface area contributed by atoms with Crippen molar-refractivity contribution in [3.63, 3.8) is 0 Å². The van der Waals surface area contributed by atoms with Crippen LogP contribution in [0.3, 0.4) is 0 Å². The largest absolute Gasteiger partial charge is 0.434 e. The predicted molar refractivity (Wildman–Crippen MR) is 95.4 cm³/mol. The van der Waals surface area contributed by atoms with Crippen LogP contribution in [0, 0.1) is 6.92 Å². The van der Waals surface area contributed by atoms with Crippen molar-refractivity contribution in [3.8, 4) is 5.75 Å². The molecule has 0 aromatic heterocycles. The van der Waals surface area contributed by atoms with E-state index in [0.717, 1.165) is 18.7 Å². The van der Waals surface area contributed by atoms with Gasteiger partial charge in [-0.05, 0) is 20.0 Å². The van der Waals surface area contributed by atoms with Crippen LogP contribution in [0.1, 0.15) is 11.1 Å². The highest BCUT2D eigenvalue weighted by molar-refractivity contribution is 5.79. The highest BCUT2D eigenvalue weighted by Gasteiger charge is 2.10. The molecule has 6 nitrogen and oxygen atoms in total. The van der Waals surface area contributed by atoms with E-state index in [9.17, 15) is 8.78 Å². The average Bonchev–Trinajstić information content (AvgIpc) is 2.57. The van der Waals surface area contributed by atoms with Gasteiger partial charge in [0, 0.05) is 45.9 Å². The Morgan fingerprint density at radius 1 is 1.28 bits per heavy atom. The monoisotopic (exact) mass is 358 g/mol. The van der Waals surface area contributed by atoms with Crippen molar-refractivity contribution in [2.24, 2.45) is 4.99 Å². The molecular formula is C17H28F2N4O2. The molecule has 8 heteroatoms. The molecule has 0 aliphatic carbocycles. The minimum absolute atomic E-state index is 0.169. The number of methoxy groups -OCH3 is 1. The number of aliphatic imine (C=N–C) groups is 1. The molecule has 25 heavy (non-hydrogen) atoms. The smallest absolute Gasteiger partial charge is 0.387 e. The topological polar surface area (TPSA) is 58.1 Å². The Morgan fingerprint density at radius 3 is 2.68 bits per heavy atom. The molecule has 1 rings (SSSR count).